The molecule has 0 spiro atoms. The topological polar surface area (TPSA) is 81.0 Å². The number of carbonyl (C=O) groups is 2. The Morgan fingerprint density at radius 3 is 2.25 bits per heavy atom. The lowest BCUT2D eigenvalue weighted by Gasteiger charge is -2.33. The van der Waals surface area contributed by atoms with E-state index >= 15 is 0 Å². The standard InChI is InChI=1S/C11H19N4O4S/c1-12-4-6-15(7-5-12)20(18,19)9-8-13(2)11(17)14(3)10(9)16/h8-9H,4-7H2,1-3H3/q+1. The summed E-state index contributed by atoms with van der Waals surface area (Å²) in [5.74, 6) is -0.702. The predicted octanol–water partition coefficient (Wildman–Crippen LogP) is -1.76. The Balaban J connectivity index is 2.30. The van der Waals surface area contributed by atoms with E-state index < -0.39 is 27.2 Å². The Hall–Kier alpha value is -1.32. The van der Waals surface area contributed by atoms with Gasteiger partial charge in [0.05, 0.1) is 14.1 Å². The van der Waals surface area contributed by atoms with E-state index in [2.05, 4.69) is 0 Å². The van der Waals surface area contributed by atoms with Gasteiger partial charge in [-0.2, -0.15) is 14.0 Å². The zero-order chi connectivity index (χ0) is 15.1. The molecule has 0 aromatic carbocycles. The Morgan fingerprint density at radius 1 is 1.15 bits per heavy atom. The smallest absolute Gasteiger partial charge is 0.304 e. The molecule has 0 N–H and O–H groups in total. The minimum absolute atomic E-state index is 0.359. The lowest BCUT2D eigenvalue weighted by Crippen LogP contribution is -2.58. The van der Waals surface area contributed by atoms with Crippen LogP contribution in [0.25, 0.3) is 0 Å². The van der Waals surface area contributed by atoms with Crippen molar-refractivity contribution in [2.75, 3.05) is 47.3 Å². The monoisotopic (exact) mass is 303 g/mol. The maximum absolute atomic E-state index is 12.5. The van der Waals surface area contributed by atoms with E-state index in [4.69, 9.17) is 0 Å². The van der Waals surface area contributed by atoms with Crippen molar-refractivity contribution in [2.24, 2.45) is 0 Å². The van der Waals surface area contributed by atoms with Crippen molar-refractivity contribution in [2.45, 2.75) is 5.25 Å². The summed E-state index contributed by atoms with van der Waals surface area (Å²) in [6.07, 6.45) is 1.18. The molecule has 20 heavy (non-hydrogen) atoms. The minimum Gasteiger partial charge on any atom is -0.304 e. The van der Waals surface area contributed by atoms with Crippen LogP contribution in [-0.4, -0.2) is 97.8 Å². The summed E-state index contributed by atoms with van der Waals surface area (Å²) < 4.78 is 27.6. The van der Waals surface area contributed by atoms with Crippen LogP contribution < -0.4 is 0 Å². The molecule has 0 aromatic heterocycles. The fourth-order valence-electron chi connectivity index (χ4n) is 2.26. The van der Waals surface area contributed by atoms with Crippen LogP contribution in [0.15, 0.2) is 0 Å². The molecule has 0 saturated carbocycles. The van der Waals surface area contributed by atoms with Gasteiger partial charge in [0, 0.05) is 26.2 Å². The molecular formula is C11H19N4O4S+. The summed E-state index contributed by atoms with van der Waals surface area (Å²) in [6, 6.07) is -0.528. The van der Waals surface area contributed by atoms with E-state index in [0.717, 1.165) is 9.48 Å². The highest BCUT2D eigenvalue weighted by atomic mass is 32.2. The van der Waals surface area contributed by atoms with Crippen LogP contribution in [0, 0.1) is 0 Å². The van der Waals surface area contributed by atoms with Gasteiger partial charge in [0.15, 0.2) is 0 Å². The fraction of sp³-hybridized carbons (Fsp3) is 0.727. The molecule has 8 nitrogen and oxygen atoms in total. The number of urea groups is 1. The number of rotatable bonds is 2. The summed E-state index contributed by atoms with van der Waals surface area (Å²) in [5.41, 5.74) is 0. The highest BCUT2D eigenvalue weighted by Crippen LogP contribution is 2.15. The summed E-state index contributed by atoms with van der Waals surface area (Å²) in [6.45, 7) is 1.98. The number of carbonyl (C=O) groups excluding carboxylic acids is 2. The first-order valence-corrected chi connectivity index (χ1v) is 7.82. The molecular weight excluding hydrogens is 284 g/mol. The van der Waals surface area contributed by atoms with Gasteiger partial charge in [0.25, 0.3) is 0 Å². The third-order valence-corrected chi connectivity index (χ3v) is 5.71. The first-order valence-electron chi connectivity index (χ1n) is 6.32. The maximum Gasteiger partial charge on any atom is 0.500 e. The second-order valence-corrected chi connectivity index (χ2v) is 7.16. The molecule has 2 aliphatic heterocycles. The predicted molar refractivity (Wildman–Crippen MR) is 72.2 cm³/mol. The number of hydrogen-bond donors (Lipinski definition) is 0. The van der Waals surface area contributed by atoms with Gasteiger partial charge < -0.3 is 4.90 Å². The molecule has 2 rings (SSSR count). The molecule has 0 radical (unpaired) electrons. The molecule has 1 atom stereocenters. The number of nitrogens with zero attached hydrogens (tertiary/aromatic N) is 4. The SMILES string of the molecule is CN1CCN(S(=O)(=O)C2C=[N+](C)C(=O)N(C)C2=O)CC1. The van der Waals surface area contributed by atoms with Crippen LogP contribution in [0.3, 0.4) is 0 Å². The molecule has 0 bridgehead atoms. The largest absolute Gasteiger partial charge is 0.500 e. The molecule has 1 saturated heterocycles. The van der Waals surface area contributed by atoms with E-state index in [9.17, 15) is 18.0 Å². The van der Waals surface area contributed by atoms with Crippen molar-refractivity contribution in [3.63, 3.8) is 0 Å². The Kier molecular flexibility index (Phi) is 3.94. The molecule has 1 fully saturated rings. The number of likely N-dealkylation sites (N-methyl/N-ethyl adjacent to an activating group) is 1. The number of piperazine rings is 1. The summed E-state index contributed by atoms with van der Waals surface area (Å²) in [5, 5.41) is -1.32. The van der Waals surface area contributed by atoms with Gasteiger partial charge in [0.1, 0.15) is 6.21 Å². The lowest BCUT2D eigenvalue weighted by atomic mass is 10.3. The second kappa shape index (κ2) is 5.23. The van der Waals surface area contributed by atoms with Crippen molar-refractivity contribution in [3.8, 4) is 0 Å². The van der Waals surface area contributed by atoms with Crippen molar-refractivity contribution in [3.05, 3.63) is 0 Å². The van der Waals surface area contributed by atoms with Gasteiger partial charge in [-0.1, -0.05) is 0 Å². The number of hydrogen-bond acceptors (Lipinski definition) is 5. The highest BCUT2D eigenvalue weighted by molar-refractivity contribution is 7.91. The van der Waals surface area contributed by atoms with Crippen molar-refractivity contribution in [1.82, 2.24) is 14.1 Å². The summed E-state index contributed by atoms with van der Waals surface area (Å²) in [4.78, 5) is 26.6. The molecule has 1 unspecified atom stereocenters. The first kappa shape index (κ1) is 15.1. The van der Waals surface area contributed by atoms with Gasteiger partial charge in [-0.15, -0.1) is 0 Å². The first-order chi connectivity index (χ1) is 9.25. The quantitative estimate of drug-likeness (QED) is 0.564. The number of sulfonamides is 1. The normalized spacial score (nSPS) is 26.9. The third kappa shape index (κ3) is 2.48. The molecule has 3 amide bonds. The molecule has 112 valence electrons. The summed E-state index contributed by atoms with van der Waals surface area (Å²) >= 11 is 0. The second-order valence-electron chi connectivity index (χ2n) is 5.11. The van der Waals surface area contributed by atoms with E-state index in [1.807, 2.05) is 11.9 Å². The molecule has 9 heteroatoms. The third-order valence-electron chi connectivity index (χ3n) is 3.66. The lowest BCUT2D eigenvalue weighted by molar-refractivity contribution is -0.399. The van der Waals surface area contributed by atoms with E-state index in [-0.39, 0.29) is 0 Å². The molecule has 0 aliphatic carbocycles. The average molecular weight is 303 g/mol. The fourth-order valence-corrected chi connectivity index (χ4v) is 4.00. The van der Waals surface area contributed by atoms with E-state index in [0.29, 0.717) is 26.2 Å². The average Bonchev–Trinajstić information content (AvgIpc) is 2.41. The van der Waals surface area contributed by atoms with Crippen molar-refractivity contribution in [1.29, 1.82) is 0 Å². The zero-order valence-electron chi connectivity index (χ0n) is 11.8. The van der Waals surface area contributed by atoms with Crippen molar-refractivity contribution < 1.29 is 22.6 Å². The highest BCUT2D eigenvalue weighted by Gasteiger charge is 2.48. The van der Waals surface area contributed by atoms with Gasteiger partial charge in [-0.05, 0) is 7.05 Å². The van der Waals surface area contributed by atoms with Crippen LogP contribution >= 0.6 is 0 Å². The maximum atomic E-state index is 12.5. The Bertz CT molecular complexity index is 563. The van der Waals surface area contributed by atoms with Crippen LogP contribution in [0.2, 0.25) is 0 Å². The molecule has 2 heterocycles. The van der Waals surface area contributed by atoms with E-state index in [1.54, 1.807) is 0 Å². The minimum atomic E-state index is -3.78. The zero-order valence-corrected chi connectivity index (χ0v) is 12.6. The Labute approximate surface area is 118 Å². The van der Waals surface area contributed by atoms with E-state index in [1.165, 1.54) is 24.6 Å². The Morgan fingerprint density at radius 2 is 1.70 bits per heavy atom. The van der Waals surface area contributed by atoms with Gasteiger partial charge in [-0.3, -0.25) is 0 Å². The van der Waals surface area contributed by atoms with Crippen LogP contribution in [0.5, 0.6) is 0 Å². The van der Waals surface area contributed by atoms with Gasteiger partial charge >= 0.3 is 11.9 Å². The van der Waals surface area contributed by atoms with Crippen molar-refractivity contribution >= 4 is 28.2 Å². The number of amides is 3. The van der Waals surface area contributed by atoms with Gasteiger partial charge in [-0.25, -0.2) is 17.8 Å². The number of imide groups is 1. The summed E-state index contributed by atoms with van der Waals surface area (Å²) in [7, 11) is 0.872. The molecule has 0 aromatic rings. The van der Waals surface area contributed by atoms with Crippen LogP contribution in [0.4, 0.5) is 4.79 Å². The van der Waals surface area contributed by atoms with Gasteiger partial charge in [0.2, 0.25) is 15.3 Å². The molecule has 2 aliphatic rings. The van der Waals surface area contributed by atoms with Crippen LogP contribution in [-0.2, 0) is 14.8 Å². The van der Waals surface area contributed by atoms with Crippen LogP contribution in [0.1, 0.15) is 0 Å².